The highest BCUT2D eigenvalue weighted by Crippen LogP contribution is 2.29. The molecule has 1 aromatic heterocycles. The fourth-order valence-electron chi connectivity index (χ4n) is 2.80. The number of hydrogen-bond acceptors (Lipinski definition) is 5. The van der Waals surface area contributed by atoms with Gasteiger partial charge in [-0.2, -0.15) is 0 Å². The van der Waals surface area contributed by atoms with Gasteiger partial charge in [0.2, 0.25) is 0 Å². The van der Waals surface area contributed by atoms with Crippen LogP contribution in [0.5, 0.6) is 0 Å². The minimum Gasteiger partial charge on any atom is -0.393 e. The number of nitrogens with zero attached hydrogens (tertiary/aromatic N) is 2. The van der Waals surface area contributed by atoms with Gasteiger partial charge >= 0.3 is 0 Å². The highest BCUT2D eigenvalue weighted by molar-refractivity contribution is 6.33. The minimum absolute atomic E-state index is 0.495. The smallest absolute Gasteiger partial charge is 0.159 e. The van der Waals surface area contributed by atoms with Gasteiger partial charge in [-0.15, -0.1) is 0 Å². The van der Waals surface area contributed by atoms with Gasteiger partial charge in [0, 0.05) is 6.54 Å². The van der Waals surface area contributed by atoms with E-state index in [2.05, 4.69) is 26.7 Å². The molecule has 1 aromatic carbocycles. The molecule has 0 bridgehead atoms. The van der Waals surface area contributed by atoms with Crippen molar-refractivity contribution in [3.63, 3.8) is 0 Å². The number of para-hydroxylation sites is 1. The van der Waals surface area contributed by atoms with Crippen molar-refractivity contribution in [3.8, 4) is 0 Å². The van der Waals surface area contributed by atoms with Crippen molar-refractivity contribution < 1.29 is 0 Å². The average Bonchev–Trinajstić information content (AvgIpc) is 2.61. The topological polar surface area (TPSA) is 75.9 Å². The molecule has 0 radical (unpaired) electrons. The van der Waals surface area contributed by atoms with Crippen molar-refractivity contribution >= 4 is 34.6 Å². The molecule has 0 aliphatic heterocycles. The van der Waals surface area contributed by atoms with Crippen LogP contribution in [-0.2, 0) is 0 Å². The van der Waals surface area contributed by atoms with E-state index in [1.807, 2.05) is 24.3 Å². The first-order chi connectivity index (χ1) is 11.7. The molecule has 1 heterocycles. The van der Waals surface area contributed by atoms with Crippen molar-refractivity contribution in [2.45, 2.75) is 32.1 Å². The zero-order chi connectivity index (χ0) is 16.8. The summed E-state index contributed by atoms with van der Waals surface area (Å²) >= 11 is 6.17. The van der Waals surface area contributed by atoms with Gasteiger partial charge in [0.15, 0.2) is 11.6 Å². The first kappa shape index (κ1) is 16.6. The summed E-state index contributed by atoms with van der Waals surface area (Å²) in [6.45, 7) is 0.818. The van der Waals surface area contributed by atoms with Gasteiger partial charge in [0.25, 0.3) is 0 Å². The molecule has 6 heteroatoms. The van der Waals surface area contributed by atoms with Crippen molar-refractivity contribution in [3.05, 3.63) is 47.3 Å². The van der Waals surface area contributed by atoms with E-state index < -0.39 is 0 Å². The summed E-state index contributed by atoms with van der Waals surface area (Å²) in [6, 6.07) is 7.48. The van der Waals surface area contributed by atoms with E-state index in [0.717, 1.165) is 18.7 Å². The Kier molecular flexibility index (Phi) is 5.54. The van der Waals surface area contributed by atoms with Crippen molar-refractivity contribution in [1.82, 2.24) is 9.97 Å². The summed E-state index contributed by atoms with van der Waals surface area (Å²) in [5.41, 5.74) is 8.98. The van der Waals surface area contributed by atoms with Gasteiger partial charge < -0.3 is 16.4 Å². The lowest BCUT2D eigenvalue weighted by atomic mass is 9.97. The molecule has 126 valence electrons. The van der Waals surface area contributed by atoms with Crippen molar-refractivity contribution in [1.29, 1.82) is 0 Å². The van der Waals surface area contributed by atoms with Crippen LogP contribution in [0.1, 0.15) is 32.1 Å². The van der Waals surface area contributed by atoms with Crippen LogP contribution in [0, 0.1) is 0 Å². The van der Waals surface area contributed by atoms with E-state index in [-0.39, 0.29) is 0 Å². The summed E-state index contributed by atoms with van der Waals surface area (Å²) in [5.74, 6) is 1.20. The zero-order valence-electron chi connectivity index (χ0n) is 13.6. The van der Waals surface area contributed by atoms with Crippen LogP contribution in [0.15, 0.2) is 42.2 Å². The minimum atomic E-state index is 0.495. The third-order valence-electron chi connectivity index (χ3n) is 4.13. The number of anilines is 4. The van der Waals surface area contributed by atoms with Gasteiger partial charge in [0.1, 0.15) is 12.0 Å². The lowest BCUT2D eigenvalue weighted by Crippen LogP contribution is -2.10. The molecule has 0 saturated carbocycles. The Bertz CT molecular complexity index is 729. The molecule has 0 unspecified atom stereocenters. The van der Waals surface area contributed by atoms with Crippen LogP contribution in [0.4, 0.5) is 23.0 Å². The van der Waals surface area contributed by atoms with Crippen LogP contribution in [0.2, 0.25) is 5.02 Å². The van der Waals surface area contributed by atoms with Gasteiger partial charge in [-0.3, -0.25) is 0 Å². The van der Waals surface area contributed by atoms with E-state index in [9.17, 15) is 0 Å². The second-order valence-electron chi connectivity index (χ2n) is 5.87. The maximum Gasteiger partial charge on any atom is 0.159 e. The number of halogens is 1. The van der Waals surface area contributed by atoms with Gasteiger partial charge in [-0.25, -0.2) is 9.97 Å². The average molecular weight is 344 g/mol. The van der Waals surface area contributed by atoms with E-state index in [4.69, 9.17) is 17.3 Å². The molecule has 1 aliphatic rings. The van der Waals surface area contributed by atoms with Crippen molar-refractivity contribution in [2.24, 2.45) is 0 Å². The number of allylic oxidation sites excluding steroid dienone is 1. The van der Waals surface area contributed by atoms with E-state index >= 15 is 0 Å². The van der Waals surface area contributed by atoms with E-state index in [1.165, 1.54) is 37.6 Å². The molecule has 2 aromatic rings. The number of nitrogens with two attached hydrogens (primary N) is 1. The van der Waals surface area contributed by atoms with Gasteiger partial charge in [-0.1, -0.05) is 35.4 Å². The molecule has 3 rings (SSSR count). The number of nitrogens with one attached hydrogen (secondary N) is 2. The molecule has 0 spiro atoms. The normalized spacial score (nSPS) is 14.1. The number of rotatable bonds is 6. The highest BCUT2D eigenvalue weighted by Gasteiger charge is 2.10. The second-order valence-corrected chi connectivity index (χ2v) is 6.28. The molecule has 0 atom stereocenters. The number of benzene rings is 1. The Hall–Kier alpha value is -2.27. The summed E-state index contributed by atoms with van der Waals surface area (Å²) in [6.07, 6.45) is 9.91. The summed E-state index contributed by atoms with van der Waals surface area (Å²) in [5, 5.41) is 7.09. The molecular weight excluding hydrogens is 322 g/mol. The summed E-state index contributed by atoms with van der Waals surface area (Å²) in [4.78, 5) is 8.46. The lowest BCUT2D eigenvalue weighted by molar-refractivity contribution is 0.679. The molecule has 4 N–H and O–H groups in total. The molecule has 5 nitrogen and oxygen atoms in total. The molecule has 24 heavy (non-hydrogen) atoms. The lowest BCUT2D eigenvalue weighted by Gasteiger charge is -2.15. The van der Waals surface area contributed by atoms with Crippen LogP contribution in [0.25, 0.3) is 0 Å². The maximum atomic E-state index is 6.19. The Morgan fingerprint density at radius 1 is 1.12 bits per heavy atom. The Morgan fingerprint density at radius 2 is 1.96 bits per heavy atom. The fraction of sp³-hybridized carbons (Fsp3) is 0.333. The van der Waals surface area contributed by atoms with E-state index in [0.29, 0.717) is 22.3 Å². The third kappa shape index (κ3) is 4.17. The summed E-state index contributed by atoms with van der Waals surface area (Å²) < 4.78 is 0. The predicted octanol–water partition coefficient (Wildman–Crippen LogP) is 4.76. The second kappa shape index (κ2) is 8.02. The van der Waals surface area contributed by atoms with Gasteiger partial charge in [0.05, 0.1) is 10.7 Å². The zero-order valence-corrected chi connectivity index (χ0v) is 14.3. The summed E-state index contributed by atoms with van der Waals surface area (Å²) in [7, 11) is 0. The Balaban J connectivity index is 1.64. The van der Waals surface area contributed by atoms with E-state index in [1.54, 1.807) is 0 Å². The monoisotopic (exact) mass is 343 g/mol. The highest BCUT2D eigenvalue weighted by atomic mass is 35.5. The number of nitrogen functional groups attached to an aromatic ring is 1. The molecular formula is C18H22ClN5. The molecule has 0 saturated heterocycles. The first-order valence-corrected chi connectivity index (χ1v) is 8.65. The first-order valence-electron chi connectivity index (χ1n) is 8.28. The standard InChI is InChI=1S/C18H22ClN5/c19-14-8-4-5-9-15(14)24-18-16(20)17(22-12-23-18)21-11-10-13-6-2-1-3-7-13/h4-6,8-9,12H,1-3,7,10-11,20H2,(H2,21,22,23,24). The van der Waals surface area contributed by atoms with Crippen LogP contribution < -0.4 is 16.4 Å². The van der Waals surface area contributed by atoms with Crippen LogP contribution >= 0.6 is 11.6 Å². The maximum absolute atomic E-state index is 6.19. The SMILES string of the molecule is Nc1c(NCCC2=CCCCC2)ncnc1Nc1ccccc1Cl. The van der Waals surface area contributed by atoms with Crippen LogP contribution in [-0.4, -0.2) is 16.5 Å². The largest absolute Gasteiger partial charge is 0.393 e. The predicted molar refractivity (Wildman–Crippen MR) is 101 cm³/mol. The Morgan fingerprint density at radius 3 is 2.75 bits per heavy atom. The molecule has 0 amide bonds. The molecule has 0 fully saturated rings. The number of aromatic nitrogens is 2. The quantitative estimate of drug-likeness (QED) is 0.659. The van der Waals surface area contributed by atoms with Crippen LogP contribution in [0.3, 0.4) is 0 Å². The fourth-order valence-corrected chi connectivity index (χ4v) is 2.98. The molecule has 1 aliphatic carbocycles. The van der Waals surface area contributed by atoms with Gasteiger partial charge in [-0.05, 0) is 44.2 Å². The number of hydrogen-bond donors (Lipinski definition) is 3. The third-order valence-corrected chi connectivity index (χ3v) is 4.46. The van der Waals surface area contributed by atoms with Crippen molar-refractivity contribution in [2.75, 3.05) is 22.9 Å². The Labute approximate surface area is 147 Å².